The van der Waals surface area contributed by atoms with Crippen molar-refractivity contribution >= 4 is 46.4 Å². The van der Waals surface area contributed by atoms with E-state index in [-0.39, 0.29) is 0 Å². The Kier molecular flexibility index (Phi) is 9.79. The number of hydrogen-bond acceptors (Lipinski definition) is 2. The third-order valence-electron chi connectivity index (χ3n) is 5.99. The Bertz CT molecular complexity index is 1720. The molecule has 246 valence electrons. The van der Waals surface area contributed by atoms with Crippen LogP contribution in [-0.2, 0) is 0 Å². The number of rotatable bonds is 8. The van der Waals surface area contributed by atoms with E-state index >= 15 is 0 Å². The van der Waals surface area contributed by atoms with Crippen molar-refractivity contribution < 1.29 is 87.9 Å². The van der Waals surface area contributed by atoms with Crippen molar-refractivity contribution in [1.29, 1.82) is 0 Å². The molecule has 0 aliphatic rings. The average molecular weight is 714 g/mol. The van der Waals surface area contributed by atoms with Crippen molar-refractivity contribution in [3.8, 4) is 11.5 Å². The summed E-state index contributed by atoms with van der Waals surface area (Å²) >= 11 is 0. The van der Waals surface area contributed by atoms with E-state index in [1.165, 1.54) is 0 Å². The lowest BCUT2D eigenvalue weighted by molar-refractivity contribution is 0.355. The van der Waals surface area contributed by atoms with E-state index in [9.17, 15) is 79.0 Å². The van der Waals surface area contributed by atoms with E-state index < -0.39 is 163 Å². The second-order valence-corrected chi connectivity index (χ2v) is 9.47. The summed E-state index contributed by atoms with van der Waals surface area (Å²) in [5.74, 6) is -51.3. The summed E-state index contributed by atoms with van der Waals surface area (Å²) in [5, 5.41) is 0. The Morgan fingerprint density at radius 2 is 0.426 bits per heavy atom. The summed E-state index contributed by atoms with van der Waals surface area (Å²) in [6.45, 7) is 0. The van der Waals surface area contributed by atoms with Gasteiger partial charge in [0.25, 0.3) is 0 Å². The smallest absolute Gasteiger partial charge is 0.428 e. The van der Waals surface area contributed by atoms with Gasteiger partial charge in [0.1, 0.15) is 0 Å². The summed E-state index contributed by atoms with van der Waals surface area (Å²) in [7, 11) is -4.51. The molecule has 4 rings (SSSR count). The largest absolute Gasteiger partial charge is 0.511 e. The zero-order valence-corrected chi connectivity index (χ0v) is 22.9. The van der Waals surface area contributed by atoms with Crippen molar-refractivity contribution in [2.75, 3.05) is 0 Å². The monoisotopic (exact) mass is 714 g/mol. The quantitative estimate of drug-likeness (QED) is 0.119. The second kappa shape index (κ2) is 13.0. The molecule has 2 nitrogen and oxygen atoms in total. The van der Waals surface area contributed by atoms with Crippen LogP contribution in [0.4, 0.5) is 79.0 Å². The lowest BCUT2D eigenvalue weighted by atomic mass is 9.62. The Balaban J connectivity index is 1.63. The van der Waals surface area contributed by atoms with Gasteiger partial charge in [-0.05, 0) is 21.9 Å². The van der Waals surface area contributed by atoms with Gasteiger partial charge in [0.05, 0.1) is 0 Å². The highest BCUT2D eigenvalue weighted by Gasteiger charge is 2.34. The number of halogens is 18. The van der Waals surface area contributed by atoms with E-state index in [1.807, 2.05) is 0 Å². The van der Waals surface area contributed by atoms with Crippen molar-refractivity contribution in [1.82, 2.24) is 0 Å². The van der Waals surface area contributed by atoms with Gasteiger partial charge >= 0.3 is 10.0 Å². The second-order valence-electron chi connectivity index (χ2n) is 8.66. The first-order valence-electron chi connectivity index (χ1n) is 11.5. The van der Waals surface area contributed by atoms with Crippen LogP contribution in [0.25, 0.3) is 0 Å². The highest BCUT2D eigenvalue weighted by Crippen LogP contribution is 2.28. The predicted octanol–water partition coefficient (Wildman–Crippen LogP) is 3.96. The molecule has 0 saturated carbocycles. The van der Waals surface area contributed by atoms with Crippen LogP contribution in [0.5, 0.6) is 11.5 Å². The van der Waals surface area contributed by atoms with Gasteiger partial charge in [0.2, 0.25) is 37.8 Å². The molecule has 23 heteroatoms. The van der Waals surface area contributed by atoms with E-state index in [4.69, 9.17) is 0 Å². The van der Waals surface area contributed by atoms with Gasteiger partial charge in [-0.25, -0.2) is 61.5 Å². The predicted molar refractivity (Wildman–Crippen MR) is 125 cm³/mol. The summed E-state index contributed by atoms with van der Waals surface area (Å²) in [4.78, 5) is 0. The minimum atomic E-state index is -3.50. The fraction of sp³-hybridized carbons (Fsp3) is 0. The topological polar surface area (TPSA) is 18.5 Å². The van der Waals surface area contributed by atoms with Crippen molar-refractivity contribution in [3.05, 3.63) is 105 Å². The molecule has 0 unspecified atom stereocenters. The third kappa shape index (κ3) is 5.84. The minimum Gasteiger partial charge on any atom is -0.511 e. The van der Waals surface area contributed by atoms with Crippen LogP contribution in [0, 0.1) is 105 Å². The standard InChI is InChI=1S/C24H2B2F18O2Si/c27-5-1(6(28)14(36)17(39)13(5)35)25-3-9(31)19(41)23(20(42)10(3)32)45-47-46-24-21(43)11(33)4(12(34)22(24)44)26-2-7(29)15(37)18(40)16(38)8(2)30/h47H2. The summed E-state index contributed by atoms with van der Waals surface area (Å²) in [6.07, 6.45) is 0. The van der Waals surface area contributed by atoms with Crippen LogP contribution in [0.2, 0.25) is 0 Å². The van der Waals surface area contributed by atoms with Crippen molar-refractivity contribution in [3.63, 3.8) is 0 Å². The lowest BCUT2D eigenvalue weighted by Crippen LogP contribution is -2.39. The molecule has 0 atom stereocenters. The van der Waals surface area contributed by atoms with E-state index in [1.54, 1.807) is 0 Å². The molecule has 0 aliphatic heterocycles. The molecule has 0 aromatic heterocycles. The number of benzene rings is 4. The summed E-state index contributed by atoms with van der Waals surface area (Å²) in [6, 6.07) is 0. The van der Waals surface area contributed by atoms with Crippen LogP contribution < -0.4 is 30.7 Å². The molecule has 4 aromatic carbocycles. The van der Waals surface area contributed by atoms with Gasteiger partial charge in [-0.2, -0.15) is 17.6 Å². The van der Waals surface area contributed by atoms with Gasteiger partial charge in [-0.3, -0.25) is 0 Å². The zero-order chi connectivity index (χ0) is 35.4. The molecule has 0 N–H and O–H groups in total. The SMILES string of the molecule is Fc1c(F)c(F)c([B]c2c(F)c(F)c(O[SiH2]Oc3c(F)c(F)c([B]c4c(F)c(F)c(F)c(F)c4F)c(F)c3F)c(F)c2F)c(F)c1F. The molecule has 0 amide bonds. The van der Waals surface area contributed by atoms with E-state index in [0.717, 1.165) is 0 Å². The van der Waals surface area contributed by atoms with Gasteiger partial charge < -0.3 is 8.85 Å². The highest BCUT2D eigenvalue weighted by molar-refractivity contribution is 6.68. The fourth-order valence-electron chi connectivity index (χ4n) is 3.70. The Morgan fingerprint density at radius 3 is 0.638 bits per heavy atom. The summed E-state index contributed by atoms with van der Waals surface area (Å²) < 4.78 is 260. The van der Waals surface area contributed by atoms with Gasteiger partial charge in [0, 0.05) is 0 Å². The molecule has 0 heterocycles. The van der Waals surface area contributed by atoms with Crippen LogP contribution in [0.3, 0.4) is 0 Å². The average Bonchev–Trinajstić information content (AvgIpc) is 3.05. The zero-order valence-electron chi connectivity index (χ0n) is 21.5. The minimum absolute atomic E-state index is 0.508. The first kappa shape index (κ1) is 35.4. The maximum absolute atomic E-state index is 14.5. The third-order valence-corrected chi connectivity index (χ3v) is 6.80. The van der Waals surface area contributed by atoms with E-state index in [2.05, 4.69) is 8.85 Å². The molecular weight excluding hydrogens is 712 g/mol. The summed E-state index contributed by atoms with van der Waals surface area (Å²) in [5.41, 5.74) is -8.19. The molecule has 4 aromatic rings. The van der Waals surface area contributed by atoms with Gasteiger partial charge in [0.15, 0.2) is 92.9 Å². The normalized spacial score (nSPS) is 11.3. The van der Waals surface area contributed by atoms with Crippen molar-refractivity contribution in [2.24, 2.45) is 0 Å². The first-order valence-corrected chi connectivity index (χ1v) is 12.7. The fourth-order valence-corrected chi connectivity index (χ4v) is 4.50. The maximum atomic E-state index is 14.5. The molecule has 0 bridgehead atoms. The van der Waals surface area contributed by atoms with Crippen LogP contribution in [0.15, 0.2) is 0 Å². The van der Waals surface area contributed by atoms with Gasteiger partial charge in [-0.15, -0.1) is 0 Å². The molecule has 0 spiro atoms. The van der Waals surface area contributed by atoms with Gasteiger partial charge in [-0.1, -0.05) is 0 Å². The van der Waals surface area contributed by atoms with Crippen LogP contribution in [0.1, 0.15) is 0 Å². The Hall–Kier alpha value is -4.43. The number of hydrogen-bond donors (Lipinski definition) is 0. The Labute approximate surface area is 251 Å². The van der Waals surface area contributed by atoms with Crippen molar-refractivity contribution in [2.45, 2.75) is 0 Å². The molecule has 0 aliphatic carbocycles. The van der Waals surface area contributed by atoms with E-state index in [0.29, 0.717) is 0 Å². The molecular formula is C24H2B2F18O2Si. The van der Waals surface area contributed by atoms with Crippen LogP contribution in [-0.4, -0.2) is 24.6 Å². The molecule has 2 radical (unpaired) electrons. The molecule has 0 saturated heterocycles. The first-order chi connectivity index (χ1) is 21.8. The maximum Gasteiger partial charge on any atom is 0.428 e. The highest BCUT2D eigenvalue weighted by atomic mass is 28.3. The Morgan fingerprint density at radius 1 is 0.255 bits per heavy atom. The molecule has 0 fully saturated rings. The molecule has 47 heavy (non-hydrogen) atoms. The lowest BCUT2D eigenvalue weighted by Gasteiger charge is -2.16. The van der Waals surface area contributed by atoms with Crippen LogP contribution >= 0.6 is 0 Å².